The summed E-state index contributed by atoms with van der Waals surface area (Å²) in [4.78, 5) is 0. The highest BCUT2D eigenvalue weighted by molar-refractivity contribution is 5.75. The smallest absolute Gasteiger partial charge is 0.129 e. The van der Waals surface area contributed by atoms with Gasteiger partial charge in [0.2, 0.25) is 0 Å². The molecule has 94 valence electrons. The van der Waals surface area contributed by atoms with Gasteiger partial charge in [0, 0.05) is 12.6 Å². The molecule has 2 heterocycles. The van der Waals surface area contributed by atoms with Gasteiger partial charge in [0.05, 0.1) is 12.3 Å². The molecule has 1 aromatic carbocycles. The van der Waals surface area contributed by atoms with Crippen LogP contribution >= 0.6 is 0 Å². The molecule has 0 saturated heterocycles. The van der Waals surface area contributed by atoms with Gasteiger partial charge in [-0.15, -0.1) is 0 Å². The fourth-order valence-electron chi connectivity index (χ4n) is 2.34. The van der Waals surface area contributed by atoms with Gasteiger partial charge in [0.25, 0.3) is 0 Å². The molecule has 0 amide bonds. The van der Waals surface area contributed by atoms with Crippen molar-refractivity contribution in [1.82, 2.24) is 9.78 Å². The van der Waals surface area contributed by atoms with E-state index in [-0.39, 0.29) is 0 Å². The minimum atomic E-state index is 0.291. The first kappa shape index (κ1) is 11.1. The number of rotatable bonds is 1. The maximum Gasteiger partial charge on any atom is 0.129 e. The van der Waals surface area contributed by atoms with Crippen LogP contribution < -0.4 is 10.5 Å². The van der Waals surface area contributed by atoms with Gasteiger partial charge in [-0.25, -0.2) is 0 Å². The minimum Gasteiger partial charge on any atom is -0.490 e. The van der Waals surface area contributed by atoms with E-state index in [1.54, 1.807) is 10.9 Å². The highest BCUT2D eigenvalue weighted by Crippen LogP contribution is 2.34. The van der Waals surface area contributed by atoms with Crippen LogP contribution in [0, 0.1) is 0 Å². The van der Waals surface area contributed by atoms with Crippen LogP contribution in [0.25, 0.3) is 11.1 Å². The maximum absolute atomic E-state index is 6.00. The molecule has 2 aromatic rings. The summed E-state index contributed by atoms with van der Waals surface area (Å²) >= 11 is 0. The SMILES string of the molecule is CC1CCc2ccc(-c3cnn(C)c3N)cc2O1. The van der Waals surface area contributed by atoms with Crippen LogP contribution in [-0.4, -0.2) is 15.9 Å². The summed E-state index contributed by atoms with van der Waals surface area (Å²) in [6, 6.07) is 6.28. The number of aryl methyl sites for hydroxylation is 2. The molecule has 3 rings (SSSR count). The van der Waals surface area contributed by atoms with Crippen LogP contribution in [0.4, 0.5) is 5.82 Å². The van der Waals surface area contributed by atoms with E-state index in [1.165, 1.54) is 5.56 Å². The monoisotopic (exact) mass is 243 g/mol. The lowest BCUT2D eigenvalue weighted by Gasteiger charge is -2.23. The minimum absolute atomic E-state index is 0.291. The molecule has 4 nitrogen and oxygen atoms in total. The van der Waals surface area contributed by atoms with E-state index in [0.717, 1.165) is 29.7 Å². The van der Waals surface area contributed by atoms with Gasteiger partial charge < -0.3 is 10.5 Å². The van der Waals surface area contributed by atoms with Crippen LogP contribution in [-0.2, 0) is 13.5 Å². The molecule has 18 heavy (non-hydrogen) atoms. The Bertz CT molecular complexity index is 589. The highest BCUT2D eigenvalue weighted by atomic mass is 16.5. The van der Waals surface area contributed by atoms with Crippen molar-refractivity contribution in [1.29, 1.82) is 0 Å². The molecule has 0 radical (unpaired) electrons. The molecule has 1 atom stereocenters. The molecule has 0 aliphatic carbocycles. The Morgan fingerprint density at radius 2 is 2.28 bits per heavy atom. The number of nitrogen functional groups attached to an aromatic ring is 1. The van der Waals surface area contributed by atoms with E-state index in [4.69, 9.17) is 10.5 Å². The Hall–Kier alpha value is -1.97. The van der Waals surface area contributed by atoms with Crippen LogP contribution in [0.3, 0.4) is 0 Å². The highest BCUT2D eigenvalue weighted by Gasteiger charge is 2.17. The van der Waals surface area contributed by atoms with E-state index in [9.17, 15) is 0 Å². The molecule has 4 heteroatoms. The lowest BCUT2D eigenvalue weighted by Crippen LogP contribution is -2.18. The summed E-state index contributed by atoms with van der Waals surface area (Å²) < 4.78 is 7.55. The number of anilines is 1. The van der Waals surface area contributed by atoms with Crippen molar-refractivity contribution in [3.05, 3.63) is 30.0 Å². The van der Waals surface area contributed by atoms with Crippen molar-refractivity contribution < 1.29 is 4.74 Å². The summed E-state index contributed by atoms with van der Waals surface area (Å²) in [6.45, 7) is 2.11. The zero-order valence-corrected chi connectivity index (χ0v) is 10.7. The maximum atomic E-state index is 6.00. The predicted molar refractivity (Wildman–Crippen MR) is 71.5 cm³/mol. The number of hydrogen-bond acceptors (Lipinski definition) is 3. The summed E-state index contributed by atoms with van der Waals surface area (Å²) in [5, 5.41) is 4.17. The van der Waals surface area contributed by atoms with E-state index < -0.39 is 0 Å². The third kappa shape index (κ3) is 1.74. The second-order valence-corrected chi connectivity index (χ2v) is 4.86. The molecule has 2 N–H and O–H groups in total. The number of nitrogens with zero attached hydrogens (tertiary/aromatic N) is 2. The first-order chi connectivity index (χ1) is 8.65. The summed E-state index contributed by atoms with van der Waals surface area (Å²) in [5.41, 5.74) is 9.30. The predicted octanol–water partition coefficient (Wildman–Crippen LogP) is 2.38. The number of hydrogen-bond donors (Lipinski definition) is 1. The standard InChI is InChI=1S/C14H17N3O/c1-9-3-4-10-5-6-11(7-13(10)18-9)12-8-16-17(2)14(12)15/h5-9H,3-4,15H2,1-2H3. The largest absolute Gasteiger partial charge is 0.490 e. The van der Waals surface area contributed by atoms with Gasteiger partial charge in [-0.1, -0.05) is 12.1 Å². The number of nitrogens with two attached hydrogens (primary N) is 1. The van der Waals surface area contributed by atoms with Gasteiger partial charge in [-0.3, -0.25) is 4.68 Å². The Labute approximate surface area is 106 Å². The third-order valence-corrected chi connectivity index (χ3v) is 3.51. The van der Waals surface area contributed by atoms with Crippen molar-refractivity contribution in [2.45, 2.75) is 25.9 Å². The zero-order chi connectivity index (χ0) is 12.7. The quantitative estimate of drug-likeness (QED) is 0.836. The second kappa shape index (κ2) is 4.05. The van der Waals surface area contributed by atoms with Gasteiger partial charge in [0.15, 0.2) is 0 Å². The van der Waals surface area contributed by atoms with Crippen molar-refractivity contribution in [2.75, 3.05) is 5.73 Å². The van der Waals surface area contributed by atoms with Crippen molar-refractivity contribution >= 4 is 5.82 Å². The fraction of sp³-hybridized carbons (Fsp3) is 0.357. The molecule has 0 spiro atoms. The van der Waals surface area contributed by atoms with Crippen LogP contribution in [0.15, 0.2) is 24.4 Å². The van der Waals surface area contributed by atoms with Crippen molar-refractivity contribution in [2.24, 2.45) is 7.05 Å². The number of fused-ring (bicyclic) bond motifs is 1. The molecule has 0 fully saturated rings. The van der Waals surface area contributed by atoms with Crippen LogP contribution in [0.2, 0.25) is 0 Å². The molecule has 1 aliphatic heterocycles. The van der Waals surface area contributed by atoms with Gasteiger partial charge >= 0.3 is 0 Å². The molecular formula is C14H17N3O. The van der Waals surface area contributed by atoms with E-state index in [0.29, 0.717) is 11.9 Å². The molecule has 0 saturated carbocycles. The van der Waals surface area contributed by atoms with Crippen LogP contribution in [0.1, 0.15) is 18.9 Å². The van der Waals surface area contributed by atoms with E-state index in [1.807, 2.05) is 7.05 Å². The van der Waals surface area contributed by atoms with Gasteiger partial charge in [-0.2, -0.15) is 5.10 Å². The van der Waals surface area contributed by atoms with E-state index in [2.05, 4.69) is 30.2 Å². The number of benzene rings is 1. The Morgan fingerprint density at radius 1 is 1.44 bits per heavy atom. The summed E-state index contributed by atoms with van der Waals surface area (Å²) in [7, 11) is 1.84. The Morgan fingerprint density at radius 3 is 3.00 bits per heavy atom. The fourth-order valence-corrected chi connectivity index (χ4v) is 2.34. The first-order valence-corrected chi connectivity index (χ1v) is 6.22. The Balaban J connectivity index is 2.04. The second-order valence-electron chi connectivity index (χ2n) is 4.86. The third-order valence-electron chi connectivity index (χ3n) is 3.51. The molecule has 0 bridgehead atoms. The first-order valence-electron chi connectivity index (χ1n) is 6.22. The molecule has 1 aliphatic rings. The molecule has 1 unspecified atom stereocenters. The zero-order valence-electron chi connectivity index (χ0n) is 10.7. The van der Waals surface area contributed by atoms with Gasteiger partial charge in [0.1, 0.15) is 11.6 Å². The topological polar surface area (TPSA) is 53.1 Å². The molecular weight excluding hydrogens is 226 g/mol. The number of aromatic nitrogens is 2. The molecule has 1 aromatic heterocycles. The normalized spacial score (nSPS) is 18.2. The summed E-state index contributed by atoms with van der Waals surface area (Å²) in [6.07, 6.45) is 4.25. The average molecular weight is 243 g/mol. The lowest BCUT2D eigenvalue weighted by molar-refractivity contribution is 0.192. The van der Waals surface area contributed by atoms with Crippen molar-refractivity contribution in [3.63, 3.8) is 0 Å². The average Bonchev–Trinajstić information content (AvgIpc) is 2.69. The van der Waals surface area contributed by atoms with Crippen molar-refractivity contribution in [3.8, 4) is 16.9 Å². The van der Waals surface area contributed by atoms with Gasteiger partial charge in [-0.05, 0) is 37.0 Å². The van der Waals surface area contributed by atoms with Crippen LogP contribution in [0.5, 0.6) is 5.75 Å². The summed E-state index contributed by atoms with van der Waals surface area (Å²) in [5.74, 6) is 1.66. The lowest BCUT2D eigenvalue weighted by atomic mass is 9.99. The van der Waals surface area contributed by atoms with E-state index >= 15 is 0 Å². The Kier molecular flexibility index (Phi) is 2.51. The number of ether oxygens (including phenoxy) is 1.